The van der Waals surface area contributed by atoms with Crippen LogP contribution >= 0.6 is 11.6 Å². The van der Waals surface area contributed by atoms with Crippen molar-refractivity contribution >= 4 is 17.5 Å². The van der Waals surface area contributed by atoms with E-state index in [0.717, 1.165) is 6.42 Å². The predicted octanol–water partition coefficient (Wildman–Crippen LogP) is 2.13. The molecule has 3 nitrogen and oxygen atoms in total. The number of amides is 1. The van der Waals surface area contributed by atoms with Crippen LogP contribution in [0.2, 0.25) is 0 Å². The first-order valence-electron chi connectivity index (χ1n) is 5.34. The zero-order valence-corrected chi connectivity index (χ0v) is 10.9. The average molecular weight is 236 g/mol. The minimum Gasteiger partial charge on any atom is -0.383 e. The lowest BCUT2D eigenvalue weighted by atomic mass is 10.1. The minimum atomic E-state index is -0.122. The summed E-state index contributed by atoms with van der Waals surface area (Å²) in [7, 11) is 3.39. The number of hydrogen-bond acceptors (Lipinski definition) is 2. The maximum Gasteiger partial charge on any atom is 0.222 e. The molecule has 0 bridgehead atoms. The lowest BCUT2D eigenvalue weighted by molar-refractivity contribution is -0.130. The van der Waals surface area contributed by atoms with E-state index >= 15 is 0 Å². The summed E-state index contributed by atoms with van der Waals surface area (Å²) >= 11 is 5.96. The van der Waals surface area contributed by atoms with Gasteiger partial charge in [-0.25, -0.2) is 0 Å². The second kappa shape index (κ2) is 7.94. The van der Waals surface area contributed by atoms with E-state index in [9.17, 15) is 4.79 Å². The Hall–Kier alpha value is -0.280. The molecule has 0 spiro atoms. The van der Waals surface area contributed by atoms with E-state index < -0.39 is 0 Å². The highest BCUT2D eigenvalue weighted by Gasteiger charge is 2.13. The second-order valence-electron chi connectivity index (χ2n) is 4.26. The van der Waals surface area contributed by atoms with Crippen molar-refractivity contribution in [1.29, 1.82) is 0 Å². The predicted molar refractivity (Wildman–Crippen MR) is 63.2 cm³/mol. The van der Waals surface area contributed by atoms with E-state index in [4.69, 9.17) is 16.3 Å². The smallest absolute Gasteiger partial charge is 0.222 e. The highest BCUT2D eigenvalue weighted by atomic mass is 35.5. The molecule has 0 aromatic carbocycles. The van der Waals surface area contributed by atoms with Crippen LogP contribution in [0.15, 0.2) is 0 Å². The molecular formula is C11H22ClNO2. The second-order valence-corrected chi connectivity index (χ2v) is 4.88. The Kier molecular flexibility index (Phi) is 7.79. The van der Waals surface area contributed by atoms with Gasteiger partial charge >= 0.3 is 0 Å². The van der Waals surface area contributed by atoms with Crippen molar-refractivity contribution in [3.05, 3.63) is 0 Å². The van der Waals surface area contributed by atoms with Crippen molar-refractivity contribution in [2.24, 2.45) is 5.92 Å². The van der Waals surface area contributed by atoms with Crippen molar-refractivity contribution in [2.75, 3.05) is 27.3 Å². The average Bonchev–Trinajstić information content (AvgIpc) is 2.14. The van der Waals surface area contributed by atoms with Crippen LogP contribution in [0.1, 0.15) is 26.7 Å². The summed E-state index contributed by atoms with van der Waals surface area (Å²) in [6.45, 7) is 5.25. The Morgan fingerprint density at radius 2 is 2.07 bits per heavy atom. The Labute approximate surface area is 97.7 Å². The van der Waals surface area contributed by atoms with Gasteiger partial charge in [0.15, 0.2) is 0 Å². The Morgan fingerprint density at radius 1 is 1.47 bits per heavy atom. The third-order valence-electron chi connectivity index (χ3n) is 2.18. The lowest BCUT2D eigenvalue weighted by Crippen LogP contribution is -2.33. The minimum absolute atomic E-state index is 0.122. The molecule has 15 heavy (non-hydrogen) atoms. The van der Waals surface area contributed by atoms with Gasteiger partial charge in [0.05, 0.1) is 12.0 Å². The van der Waals surface area contributed by atoms with Crippen molar-refractivity contribution < 1.29 is 9.53 Å². The lowest BCUT2D eigenvalue weighted by Gasteiger charge is -2.20. The van der Waals surface area contributed by atoms with Gasteiger partial charge in [-0.3, -0.25) is 4.79 Å². The molecule has 1 amide bonds. The molecule has 0 aliphatic rings. The molecule has 0 aromatic heterocycles. The van der Waals surface area contributed by atoms with Gasteiger partial charge in [0.2, 0.25) is 5.91 Å². The van der Waals surface area contributed by atoms with Gasteiger partial charge in [-0.1, -0.05) is 13.8 Å². The van der Waals surface area contributed by atoms with Crippen LogP contribution in [0.4, 0.5) is 0 Å². The molecule has 0 radical (unpaired) electrons. The summed E-state index contributed by atoms with van der Waals surface area (Å²) in [5.41, 5.74) is 0. The molecule has 1 atom stereocenters. The van der Waals surface area contributed by atoms with Gasteiger partial charge in [0.1, 0.15) is 0 Å². The van der Waals surface area contributed by atoms with Crippen LogP contribution in [-0.2, 0) is 9.53 Å². The Balaban J connectivity index is 3.78. The summed E-state index contributed by atoms with van der Waals surface area (Å²) < 4.78 is 4.91. The first-order chi connectivity index (χ1) is 6.97. The van der Waals surface area contributed by atoms with Gasteiger partial charge in [-0.05, 0) is 12.3 Å². The van der Waals surface area contributed by atoms with E-state index in [2.05, 4.69) is 13.8 Å². The maximum atomic E-state index is 11.6. The fourth-order valence-electron chi connectivity index (χ4n) is 1.24. The molecule has 0 fully saturated rings. The van der Waals surface area contributed by atoms with Gasteiger partial charge < -0.3 is 9.64 Å². The number of carbonyl (C=O) groups excluding carboxylic acids is 1. The SMILES string of the molecule is COCC(Cl)CN(C)C(=O)CCC(C)C. The number of carbonyl (C=O) groups is 1. The normalized spacial score (nSPS) is 12.9. The van der Waals surface area contributed by atoms with Crippen LogP contribution in [0, 0.1) is 5.92 Å². The van der Waals surface area contributed by atoms with Crippen LogP contribution in [0.25, 0.3) is 0 Å². The number of hydrogen-bond donors (Lipinski definition) is 0. The van der Waals surface area contributed by atoms with Gasteiger partial charge in [0, 0.05) is 27.1 Å². The van der Waals surface area contributed by atoms with E-state index in [1.807, 2.05) is 0 Å². The first kappa shape index (κ1) is 14.7. The molecular weight excluding hydrogens is 214 g/mol. The Bertz CT molecular complexity index is 185. The zero-order valence-electron chi connectivity index (χ0n) is 10.1. The standard InChI is InChI=1S/C11H22ClNO2/c1-9(2)5-6-11(14)13(3)7-10(12)8-15-4/h9-10H,5-8H2,1-4H3. The van der Waals surface area contributed by atoms with Crippen molar-refractivity contribution in [2.45, 2.75) is 32.1 Å². The summed E-state index contributed by atoms with van der Waals surface area (Å²) in [6, 6.07) is 0. The fraction of sp³-hybridized carbons (Fsp3) is 0.909. The van der Waals surface area contributed by atoms with Crippen LogP contribution in [0.3, 0.4) is 0 Å². The highest BCUT2D eigenvalue weighted by molar-refractivity contribution is 6.21. The zero-order chi connectivity index (χ0) is 11.8. The summed E-state index contributed by atoms with van der Waals surface area (Å²) in [6.07, 6.45) is 1.53. The molecule has 0 aliphatic carbocycles. The van der Waals surface area contributed by atoms with Crippen LogP contribution in [0.5, 0.6) is 0 Å². The molecule has 90 valence electrons. The van der Waals surface area contributed by atoms with Gasteiger partial charge in [-0.15, -0.1) is 11.6 Å². The molecule has 0 aliphatic heterocycles. The molecule has 1 unspecified atom stereocenters. The number of ether oxygens (including phenoxy) is 1. The molecule has 0 saturated heterocycles. The maximum absolute atomic E-state index is 11.6. The van der Waals surface area contributed by atoms with E-state index in [0.29, 0.717) is 25.5 Å². The molecule has 0 aromatic rings. The largest absolute Gasteiger partial charge is 0.383 e. The van der Waals surface area contributed by atoms with Crippen molar-refractivity contribution in [3.63, 3.8) is 0 Å². The molecule has 0 heterocycles. The summed E-state index contributed by atoms with van der Waals surface area (Å²) in [4.78, 5) is 13.3. The van der Waals surface area contributed by atoms with E-state index in [1.54, 1.807) is 19.1 Å². The molecule has 0 rings (SSSR count). The molecule has 0 saturated carbocycles. The number of nitrogens with zero attached hydrogens (tertiary/aromatic N) is 1. The molecule has 0 N–H and O–H groups in total. The third-order valence-corrected chi connectivity index (χ3v) is 2.44. The Morgan fingerprint density at radius 3 is 2.53 bits per heavy atom. The topological polar surface area (TPSA) is 29.5 Å². The van der Waals surface area contributed by atoms with E-state index in [1.165, 1.54) is 0 Å². The van der Waals surface area contributed by atoms with Crippen LogP contribution in [-0.4, -0.2) is 43.5 Å². The monoisotopic (exact) mass is 235 g/mol. The number of halogens is 1. The highest BCUT2D eigenvalue weighted by Crippen LogP contribution is 2.07. The number of alkyl halides is 1. The quantitative estimate of drug-likeness (QED) is 0.633. The molecule has 4 heteroatoms. The summed E-state index contributed by atoms with van der Waals surface area (Å²) in [5.74, 6) is 0.721. The first-order valence-corrected chi connectivity index (χ1v) is 5.78. The van der Waals surface area contributed by atoms with Gasteiger partial charge in [0.25, 0.3) is 0 Å². The van der Waals surface area contributed by atoms with Crippen LogP contribution < -0.4 is 0 Å². The van der Waals surface area contributed by atoms with Crippen molar-refractivity contribution in [3.8, 4) is 0 Å². The summed E-state index contributed by atoms with van der Waals surface area (Å²) in [5, 5.41) is -0.122. The van der Waals surface area contributed by atoms with Crippen molar-refractivity contribution in [1.82, 2.24) is 4.90 Å². The fourth-order valence-corrected chi connectivity index (χ4v) is 1.57. The third kappa shape index (κ3) is 7.63. The number of methoxy groups -OCH3 is 1. The van der Waals surface area contributed by atoms with Gasteiger partial charge in [-0.2, -0.15) is 0 Å². The number of rotatable bonds is 7. The van der Waals surface area contributed by atoms with E-state index in [-0.39, 0.29) is 11.3 Å².